The van der Waals surface area contributed by atoms with Crippen LogP contribution in [0.1, 0.15) is 25.6 Å². The van der Waals surface area contributed by atoms with E-state index in [1.54, 1.807) is 0 Å². The molecular weight excluding hydrogens is 206 g/mol. The molecule has 0 bridgehead atoms. The van der Waals surface area contributed by atoms with E-state index in [9.17, 15) is 4.79 Å². The van der Waals surface area contributed by atoms with Crippen LogP contribution in [0.4, 0.5) is 4.79 Å². The van der Waals surface area contributed by atoms with Gasteiger partial charge < -0.3 is 20.9 Å². The van der Waals surface area contributed by atoms with E-state index < -0.39 is 6.03 Å². The van der Waals surface area contributed by atoms with E-state index in [1.165, 1.54) is 0 Å². The van der Waals surface area contributed by atoms with E-state index in [1.807, 2.05) is 12.5 Å². The maximum absolute atomic E-state index is 10.4. The molecule has 0 radical (unpaired) electrons. The Morgan fingerprint density at radius 1 is 1.56 bits per heavy atom. The molecule has 0 saturated carbocycles. The molecule has 6 heteroatoms. The Hall–Kier alpha value is -1.56. The summed E-state index contributed by atoms with van der Waals surface area (Å²) in [4.78, 5) is 14.5. The van der Waals surface area contributed by atoms with Crippen molar-refractivity contribution in [1.29, 1.82) is 0 Å². The van der Waals surface area contributed by atoms with Crippen LogP contribution in [0, 0.1) is 0 Å². The van der Waals surface area contributed by atoms with Gasteiger partial charge in [0.15, 0.2) is 0 Å². The standard InChI is InChI=1S/C10H19N5O/c1-8(2)15-7-13-6-9(15)5-12-3-4-14-10(11)16/h6-8,12H,3-5H2,1-2H3,(H3,11,14,16). The van der Waals surface area contributed by atoms with E-state index in [0.29, 0.717) is 19.1 Å². The average Bonchev–Trinajstić information content (AvgIpc) is 2.65. The van der Waals surface area contributed by atoms with Crippen LogP contribution in [0.15, 0.2) is 12.5 Å². The number of nitrogens with zero attached hydrogens (tertiary/aromatic N) is 2. The van der Waals surface area contributed by atoms with Crippen molar-refractivity contribution in [1.82, 2.24) is 20.2 Å². The first-order valence-electron chi connectivity index (χ1n) is 5.36. The summed E-state index contributed by atoms with van der Waals surface area (Å²) in [6, 6.07) is -0.0860. The lowest BCUT2D eigenvalue weighted by atomic mass is 10.3. The smallest absolute Gasteiger partial charge is 0.312 e. The third-order valence-corrected chi connectivity index (χ3v) is 2.21. The Morgan fingerprint density at radius 2 is 2.31 bits per heavy atom. The summed E-state index contributed by atoms with van der Waals surface area (Å²) in [6.45, 7) is 6.18. The number of nitrogens with one attached hydrogen (secondary N) is 2. The minimum atomic E-state index is -0.492. The zero-order valence-corrected chi connectivity index (χ0v) is 9.73. The number of hydrogen-bond donors (Lipinski definition) is 3. The van der Waals surface area contributed by atoms with Crippen molar-refractivity contribution in [2.75, 3.05) is 13.1 Å². The lowest BCUT2D eigenvalue weighted by Crippen LogP contribution is -2.35. The van der Waals surface area contributed by atoms with E-state index in [0.717, 1.165) is 12.2 Å². The zero-order valence-electron chi connectivity index (χ0n) is 9.73. The van der Waals surface area contributed by atoms with Crippen LogP contribution in [0.2, 0.25) is 0 Å². The summed E-state index contributed by atoms with van der Waals surface area (Å²) in [5, 5.41) is 5.72. The highest BCUT2D eigenvalue weighted by atomic mass is 16.2. The van der Waals surface area contributed by atoms with Crippen molar-refractivity contribution in [2.24, 2.45) is 5.73 Å². The predicted molar refractivity (Wildman–Crippen MR) is 61.9 cm³/mol. The molecule has 1 heterocycles. The molecule has 16 heavy (non-hydrogen) atoms. The third-order valence-electron chi connectivity index (χ3n) is 2.21. The molecule has 4 N–H and O–H groups in total. The number of carbonyl (C=O) groups is 1. The number of imidazole rings is 1. The summed E-state index contributed by atoms with van der Waals surface area (Å²) in [6.07, 6.45) is 3.66. The van der Waals surface area contributed by atoms with Crippen molar-refractivity contribution >= 4 is 6.03 Å². The number of hydrogen-bond acceptors (Lipinski definition) is 3. The average molecular weight is 225 g/mol. The third kappa shape index (κ3) is 3.90. The molecule has 90 valence electrons. The van der Waals surface area contributed by atoms with E-state index >= 15 is 0 Å². The molecule has 0 aliphatic carbocycles. The van der Waals surface area contributed by atoms with Crippen molar-refractivity contribution in [2.45, 2.75) is 26.4 Å². The molecule has 6 nitrogen and oxygen atoms in total. The number of primary amides is 1. The predicted octanol–water partition coefficient (Wildman–Crippen LogP) is 0.222. The second-order valence-electron chi connectivity index (χ2n) is 3.85. The fourth-order valence-corrected chi connectivity index (χ4v) is 1.42. The molecule has 0 aliphatic rings. The Morgan fingerprint density at radius 3 is 2.94 bits per heavy atom. The lowest BCUT2D eigenvalue weighted by molar-refractivity contribution is 0.249. The fourth-order valence-electron chi connectivity index (χ4n) is 1.42. The maximum Gasteiger partial charge on any atom is 0.312 e. The summed E-state index contributed by atoms with van der Waals surface area (Å²) in [7, 11) is 0. The van der Waals surface area contributed by atoms with Gasteiger partial charge in [0.1, 0.15) is 0 Å². The van der Waals surface area contributed by atoms with Crippen molar-refractivity contribution < 1.29 is 4.79 Å². The van der Waals surface area contributed by atoms with Crippen LogP contribution in [0.3, 0.4) is 0 Å². The Kier molecular flexibility index (Phi) is 4.78. The van der Waals surface area contributed by atoms with Crippen LogP contribution < -0.4 is 16.4 Å². The summed E-state index contributed by atoms with van der Waals surface area (Å²) >= 11 is 0. The van der Waals surface area contributed by atoms with Crippen molar-refractivity contribution in [3.63, 3.8) is 0 Å². The molecular formula is C10H19N5O. The van der Waals surface area contributed by atoms with Gasteiger partial charge in [0.05, 0.1) is 12.0 Å². The lowest BCUT2D eigenvalue weighted by Gasteiger charge is -2.12. The molecule has 0 aromatic carbocycles. The van der Waals surface area contributed by atoms with E-state index in [4.69, 9.17) is 5.73 Å². The van der Waals surface area contributed by atoms with Gasteiger partial charge >= 0.3 is 6.03 Å². The van der Waals surface area contributed by atoms with Gasteiger partial charge in [0.2, 0.25) is 0 Å². The quantitative estimate of drug-likeness (QED) is 0.605. The van der Waals surface area contributed by atoms with Crippen molar-refractivity contribution in [3.05, 3.63) is 18.2 Å². The van der Waals surface area contributed by atoms with Crippen LogP contribution in [-0.4, -0.2) is 28.7 Å². The van der Waals surface area contributed by atoms with Gasteiger partial charge in [0, 0.05) is 31.9 Å². The molecule has 2 amide bonds. The molecule has 0 fully saturated rings. The van der Waals surface area contributed by atoms with Gasteiger partial charge in [-0.3, -0.25) is 0 Å². The maximum atomic E-state index is 10.4. The number of carbonyl (C=O) groups excluding carboxylic acids is 1. The van der Waals surface area contributed by atoms with Gasteiger partial charge in [-0.25, -0.2) is 9.78 Å². The largest absolute Gasteiger partial charge is 0.352 e. The zero-order chi connectivity index (χ0) is 12.0. The van der Waals surface area contributed by atoms with E-state index in [2.05, 4.69) is 34.0 Å². The molecule has 1 aromatic heterocycles. The highest BCUT2D eigenvalue weighted by Crippen LogP contribution is 2.07. The minimum absolute atomic E-state index is 0.406. The monoisotopic (exact) mass is 225 g/mol. The molecule has 0 spiro atoms. The highest BCUT2D eigenvalue weighted by molar-refractivity contribution is 5.71. The number of rotatable bonds is 6. The SMILES string of the molecule is CC(C)n1cncc1CNCCNC(N)=O. The molecule has 1 rings (SSSR count). The van der Waals surface area contributed by atoms with Crippen LogP contribution >= 0.6 is 0 Å². The normalized spacial score (nSPS) is 10.7. The van der Waals surface area contributed by atoms with Crippen LogP contribution in [-0.2, 0) is 6.54 Å². The number of nitrogens with two attached hydrogens (primary N) is 1. The Bertz CT molecular complexity index is 334. The molecule has 0 aliphatic heterocycles. The summed E-state index contributed by atoms with van der Waals surface area (Å²) in [5.41, 5.74) is 6.07. The molecule has 1 aromatic rings. The minimum Gasteiger partial charge on any atom is -0.352 e. The van der Waals surface area contributed by atoms with E-state index in [-0.39, 0.29) is 0 Å². The summed E-state index contributed by atoms with van der Waals surface area (Å²) < 4.78 is 2.11. The second kappa shape index (κ2) is 6.12. The number of aromatic nitrogens is 2. The second-order valence-corrected chi connectivity index (χ2v) is 3.85. The molecule has 0 unspecified atom stereocenters. The van der Waals surface area contributed by atoms with Crippen LogP contribution in [0.25, 0.3) is 0 Å². The van der Waals surface area contributed by atoms with Gasteiger partial charge in [-0.15, -0.1) is 0 Å². The van der Waals surface area contributed by atoms with Crippen LogP contribution in [0.5, 0.6) is 0 Å². The number of urea groups is 1. The highest BCUT2D eigenvalue weighted by Gasteiger charge is 2.04. The Balaban J connectivity index is 2.26. The van der Waals surface area contributed by atoms with Gasteiger partial charge in [-0.1, -0.05) is 0 Å². The van der Waals surface area contributed by atoms with Gasteiger partial charge in [-0.05, 0) is 13.8 Å². The number of amides is 2. The first kappa shape index (κ1) is 12.5. The van der Waals surface area contributed by atoms with Gasteiger partial charge in [0.25, 0.3) is 0 Å². The summed E-state index contributed by atoms with van der Waals surface area (Å²) in [5.74, 6) is 0. The Labute approximate surface area is 95.2 Å². The first-order chi connectivity index (χ1) is 7.61. The molecule has 0 atom stereocenters. The topological polar surface area (TPSA) is 85.0 Å². The van der Waals surface area contributed by atoms with Crippen molar-refractivity contribution in [3.8, 4) is 0 Å². The molecule has 0 saturated heterocycles. The van der Waals surface area contributed by atoms with Gasteiger partial charge in [-0.2, -0.15) is 0 Å². The fraction of sp³-hybridized carbons (Fsp3) is 0.600. The first-order valence-corrected chi connectivity index (χ1v) is 5.36.